The van der Waals surface area contributed by atoms with Gasteiger partial charge in [-0.1, -0.05) is 87.9 Å². The molecule has 1 saturated heterocycles. The normalized spacial score (nSPS) is 17.2. The lowest BCUT2D eigenvalue weighted by molar-refractivity contribution is -0.198. The third kappa shape index (κ3) is 7.52. The van der Waals surface area contributed by atoms with Crippen LogP contribution in [0.4, 0.5) is 13.2 Å². The SMILES string of the molecule is C=CC1COC(c2ccc(-c3ccc(-c4ccc(OCCCCCCCCC)c(F)c4F)cc3)cc2F)OC1. The Hall–Kier alpha value is -3.09. The molecule has 1 aliphatic rings. The summed E-state index contributed by atoms with van der Waals surface area (Å²) in [6.07, 6.45) is 8.88. The van der Waals surface area contributed by atoms with Crippen LogP contribution in [0.1, 0.15) is 63.7 Å². The summed E-state index contributed by atoms with van der Waals surface area (Å²) in [7, 11) is 0. The molecule has 0 bridgehead atoms. The molecule has 0 unspecified atom stereocenters. The lowest BCUT2D eigenvalue weighted by atomic mass is 9.98. The van der Waals surface area contributed by atoms with Crippen molar-refractivity contribution in [1.82, 2.24) is 0 Å². The van der Waals surface area contributed by atoms with Gasteiger partial charge in [0.2, 0.25) is 5.82 Å². The molecule has 3 nitrogen and oxygen atoms in total. The van der Waals surface area contributed by atoms with Crippen LogP contribution in [0.15, 0.2) is 67.3 Å². The average molecular weight is 539 g/mol. The molecular weight excluding hydrogens is 501 g/mol. The molecule has 0 radical (unpaired) electrons. The molecule has 1 heterocycles. The predicted molar refractivity (Wildman–Crippen MR) is 149 cm³/mol. The van der Waals surface area contributed by atoms with Crippen molar-refractivity contribution in [3.05, 3.63) is 90.3 Å². The van der Waals surface area contributed by atoms with Crippen molar-refractivity contribution in [2.45, 2.75) is 58.2 Å². The number of hydrogen-bond donors (Lipinski definition) is 0. The highest BCUT2D eigenvalue weighted by Crippen LogP contribution is 2.33. The zero-order valence-corrected chi connectivity index (χ0v) is 22.6. The first-order valence-corrected chi connectivity index (χ1v) is 13.9. The van der Waals surface area contributed by atoms with E-state index < -0.39 is 23.7 Å². The largest absolute Gasteiger partial charge is 0.490 e. The van der Waals surface area contributed by atoms with E-state index in [1.165, 1.54) is 43.9 Å². The summed E-state index contributed by atoms with van der Waals surface area (Å²) >= 11 is 0. The molecule has 4 rings (SSSR count). The van der Waals surface area contributed by atoms with E-state index in [-0.39, 0.29) is 17.2 Å². The van der Waals surface area contributed by atoms with Crippen LogP contribution in [0.5, 0.6) is 5.75 Å². The molecule has 208 valence electrons. The van der Waals surface area contributed by atoms with Gasteiger partial charge in [0.25, 0.3) is 0 Å². The number of benzene rings is 3. The zero-order chi connectivity index (χ0) is 27.6. The molecular formula is C33H37F3O3. The molecule has 39 heavy (non-hydrogen) atoms. The lowest BCUT2D eigenvalue weighted by Gasteiger charge is -2.28. The molecule has 0 N–H and O–H groups in total. The van der Waals surface area contributed by atoms with E-state index in [0.717, 1.165) is 24.8 Å². The van der Waals surface area contributed by atoms with E-state index >= 15 is 0 Å². The van der Waals surface area contributed by atoms with Crippen molar-refractivity contribution in [3.8, 4) is 28.0 Å². The number of halogens is 3. The fourth-order valence-corrected chi connectivity index (χ4v) is 4.68. The molecule has 3 aromatic carbocycles. The Morgan fingerprint density at radius 2 is 1.44 bits per heavy atom. The Labute approximate surface area is 229 Å². The van der Waals surface area contributed by atoms with Crippen molar-refractivity contribution >= 4 is 0 Å². The Morgan fingerprint density at radius 1 is 0.795 bits per heavy atom. The van der Waals surface area contributed by atoms with E-state index in [1.54, 1.807) is 42.5 Å². The highest BCUT2D eigenvalue weighted by Gasteiger charge is 2.24. The standard InChI is InChI=1S/C33H37F3O3/c1-3-5-6-7-8-9-10-19-37-30-18-17-27(31(35)32(30)36)25-13-11-24(12-14-25)26-15-16-28(29(34)20-26)33-38-21-23(4-2)22-39-33/h4,11-18,20,23,33H,2-3,5-10,19,21-22H2,1H3. The van der Waals surface area contributed by atoms with Gasteiger partial charge in [0.1, 0.15) is 5.82 Å². The van der Waals surface area contributed by atoms with Gasteiger partial charge in [-0.15, -0.1) is 6.58 Å². The summed E-state index contributed by atoms with van der Waals surface area (Å²) in [5.41, 5.74) is 2.41. The molecule has 0 spiro atoms. The summed E-state index contributed by atoms with van der Waals surface area (Å²) in [6, 6.07) is 14.8. The van der Waals surface area contributed by atoms with Gasteiger partial charge in [0.05, 0.1) is 19.8 Å². The van der Waals surface area contributed by atoms with Crippen molar-refractivity contribution < 1.29 is 27.4 Å². The number of unbranched alkanes of at least 4 members (excludes halogenated alkanes) is 6. The molecule has 0 amide bonds. The van der Waals surface area contributed by atoms with Crippen LogP contribution < -0.4 is 4.74 Å². The highest BCUT2D eigenvalue weighted by molar-refractivity contribution is 5.71. The van der Waals surface area contributed by atoms with E-state index in [0.29, 0.717) is 36.5 Å². The molecule has 0 aliphatic carbocycles. The van der Waals surface area contributed by atoms with Crippen LogP contribution in [0.3, 0.4) is 0 Å². The fourth-order valence-electron chi connectivity index (χ4n) is 4.68. The number of rotatable bonds is 13. The van der Waals surface area contributed by atoms with Crippen molar-refractivity contribution in [3.63, 3.8) is 0 Å². The number of ether oxygens (including phenoxy) is 3. The van der Waals surface area contributed by atoms with Gasteiger partial charge in [0.15, 0.2) is 17.9 Å². The zero-order valence-electron chi connectivity index (χ0n) is 22.6. The van der Waals surface area contributed by atoms with Gasteiger partial charge in [0, 0.05) is 17.0 Å². The minimum Gasteiger partial charge on any atom is -0.490 e. The minimum absolute atomic E-state index is 0.0691. The van der Waals surface area contributed by atoms with E-state index in [1.807, 2.05) is 0 Å². The van der Waals surface area contributed by atoms with Crippen LogP contribution >= 0.6 is 0 Å². The second kappa shape index (κ2) is 14.3. The third-order valence-electron chi connectivity index (χ3n) is 7.09. The Bertz CT molecular complexity index is 1220. The first-order chi connectivity index (χ1) is 19.0. The molecule has 0 aromatic heterocycles. The van der Waals surface area contributed by atoms with Gasteiger partial charge in [-0.2, -0.15) is 4.39 Å². The van der Waals surface area contributed by atoms with Gasteiger partial charge in [-0.25, -0.2) is 8.78 Å². The molecule has 3 aromatic rings. The Balaban J connectivity index is 1.36. The fraction of sp³-hybridized carbons (Fsp3) is 0.394. The average Bonchev–Trinajstić information content (AvgIpc) is 2.97. The summed E-state index contributed by atoms with van der Waals surface area (Å²) in [6.45, 7) is 7.14. The van der Waals surface area contributed by atoms with E-state index in [4.69, 9.17) is 14.2 Å². The second-order valence-electron chi connectivity index (χ2n) is 10.0. The quantitative estimate of drug-likeness (QED) is 0.160. The first kappa shape index (κ1) is 28.9. The summed E-state index contributed by atoms with van der Waals surface area (Å²) in [4.78, 5) is 0. The molecule has 1 fully saturated rings. The summed E-state index contributed by atoms with van der Waals surface area (Å²) in [5.74, 6) is -2.33. The predicted octanol–water partition coefficient (Wildman–Crippen LogP) is 9.41. The smallest absolute Gasteiger partial charge is 0.201 e. The monoisotopic (exact) mass is 538 g/mol. The van der Waals surface area contributed by atoms with Crippen LogP contribution in [0, 0.1) is 23.4 Å². The van der Waals surface area contributed by atoms with Crippen LogP contribution in [-0.4, -0.2) is 19.8 Å². The maximum absolute atomic E-state index is 14.9. The third-order valence-corrected chi connectivity index (χ3v) is 7.09. The minimum atomic E-state index is -0.983. The van der Waals surface area contributed by atoms with Crippen molar-refractivity contribution in [1.29, 1.82) is 0 Å². The van der Waals surface area contributed by atoms with E-state index in [9.17, 15) is 13.2 Å². The van der Waals surface area contributed by atoms with Crippen molar-refractivity contribution in [2.24, 2.45) is 5.92 Å². The second-order valence-corrected chi connectivity index (χ2v) is 10.0. The van der Waals surface area contributed by atoms with Gasteiger partial charge in [-0.3, -0.25) is 0 Å². The molecule has 0 saturated carbocycles. The maximum atomic E-state index is 14.9. The first-order valence-electron chi connectivity index (χ1n) is 13.9. The van der Waals surface area contributed by atoms with Crippen LogP contribution in [0.2, 0.25) is 0 Å². The van der Waals surface area contributed by atoms with Crippen molar-refractivity contribution in [2.75, 3.05) is 19.8 Å². The molecule has 6 heteroatoms. The van der Waals surface area contributed by atoms with Gasteiger partial charge in [-0.05, 0) is 41.3 Å². The van der Waals surface area contributed by atoms with Gasteiger partial charge < -0.3 is 14.2 Å². The Kier molecular flexibility index (Phi) is 10.6. The highest BCUT2D eigenvalue weighted by atomic mass is 19.2. The lowest BCUT2D eigenvalue weighted by Crippen LogP contribution is -2.26. The van der Waals surface area contributed by atoms with Crippen LogP contribution in [0.25, 0.3) is 22.3 Å². The maximum Gasteiger partial charge on any atom is 0.201 e. The van der Waals surface area contributed by atoms with E-state index in [2.05, 4.69) is 13.5 Å². The molecule has 1 aliphatic heterocycles. The molecule has 0 atom stereocenters. The topological polar surface area (TPSA) is 27.7 Å². The number of hydrogen-bond acceptors (Lipinski definition) is 3. The van der Waals surface area contributed by atoms with Crippen LogP contribution in [-0.2, 0) is 9.47 Å². The Morgan fingerprint density at radius 3 is 2.10 bits per heavy atom. The van der Waals surface area contributed by atoms with Gasteiger partial charge >= 0.3 is 0 Å². The summed E-state index contributed by atoms with van der Waals surface area (Å²) < 4.78 is 61.3. The summed E-state index contributed by atoms with van der Waals surface area (Å²) in [5, 5.41) is 0.